The van der Waals surface area contributed by atoms with E-state index in [1.165, 1.54) is 53.4 Å². The number of rotatable bonds is 7. The van der Waals surface area contributed by atoms with Gasteiger partial charge in [0, 0.05) is 16.7 Å². The van der Waals surface area contributed by atoms with E-state index in [1.807, 2.05) is 6.07 Å². The van der Waals surface area contributed by atoms with Gasteiger partial charge in [-0.1, -0.05) is 225 Å². The van der Waals surface area contributed by atoms with Crippen molar-refractivity contribution in [2.75, 3.05) is 0 Å². The van der Waals surface area contributed by atoms with Crippen LogP contribution in [-0.4, -0.2) is 31.1 Å². The molecular weight excluding hydrogens is 807 g/mol. The van der Waals surface area contributed by atoms with Gasteiger partial charge in [-0.2, -0.15) is 0 Å². The Morgan fingerprint density at radius 3 is 1.16 bits per heavy atom. The highest BCUT2D eigenvalue weighted by molar-refractivity contribution is 7.22. The Morgan fingerprint density at radius 1 is 0.266 bits per heavy atom. The van der Waals surface area contributed by atoms with Crippen LogP contribution in [0.15, 0.2) is 224 Å². The molecule has 0 bridgehead atoms. The molecule has 64 heavy (non-hydrogen) atoms. The smallest absolute Gasteiger partial charge is 0.180 e. The molecule has 0 radical (unpaired) electrons. The lowest BCUT2D eigenvalue weighted by atomic mass is 9.93. The lowest BCUT2D eigenvalue weighted by Crippen LogP contribution is -2.72. The Hall–Kier alpha value is -7.58. The maximum absolute atomic E-state index is 5.62. The molecule has 2 aliphatic heterocycles. The molecule has 0 aliphatic carbocycles. The second kappa shape index (κ2) is 15.1. The van der Waals surface area contributed by atoms with E-state index in [4.69, 9.17) is 15.0 Å². The van der Waals surface area contributed by atoms with Gasteiger partial charge >= 0.3 is 0 Å². The first-order valence-electron chi connectivity index (χ1n) is 22.1. The third kappa shape index (κ3) is 5.89. The minimum atomic E-state index is -2.79. The maximum Gasteiger partial charge on any atom is 0.180 e. The minimum Gasteiger partial charge on any atom is -0.208 e. The zero-order valence-electron chi connectivity index (χ0n) is 35.7. The lowest BCUT2D eigenvalue weighted by molar-refractivity contribution is 1.08. The van der Waals surface area contributed by atoms with Crippen molar-refractivity contribution >= 4 is 47.3 Å². The van der Waals surface area contributed by atoms with Crippen LogP contribution in [0, 0.1) is 0 Å². The zero-order valence-corrected chi connectivity index (χ0v) is 37.7. The van der Waals surface area contributed by atoms with Gasteiger partial charge < -0.3 is 0 Å². The highest BCUT2D eigenvalue weighted by Crippen LogP contribution is 2.41. The number of benzene rings is 9. The van der Waals surface area contributed by atoms with Gasteiger partial charge in [0.15, 0.2) is 25.5 Å². The lowest BCUT2D eigenvalue weighted by Gasteiger charge is -2.31. The van der Waals surface area contributed by atoms with Gasteiger partial charge in [0.25, 0.3) is 0 Å². The fraction of sp³-hybridized carbons (Fsp3) is 0.0339. The first-order chi connectivity index (χ1) is 31.5. The van der Waals surface area contributed by atoms with Crippen molar-refractivity contribution in [2.24, 2.45) is 0 Å². The molecule has 0 amide bonds. The molecule has 9 aromatic carbocycles. The van der Waals surface area contributed by atoms with E-state index in [0.717, 1.165) is 38.9 Å². The van der Waals surface area contributed by atoms with E-state index in [-0.39, 0.29) is 0 Å². The monoisotopic (exact) mass is 849 g/mol. The van der Waals surface area contributed by atoms with Crippen molar-refractivity contribution in [3.05, 3.63) is 224 Å². The van der Waals surface area contributed by atoms with Crippen LogP contribution in [0.25, 0.3) is 78.7 Å². The topological polar surface area (TPSA) is 38.7 Å². The van der Waals surface area contributed by atoms with Crippen LogP contribution in [0.2, 0.25) is 13.1 Å². The largest absolute Gasteiger partial charge is 0.208 e. The van der Waals surface area contributed by atoms with Crippen LogP contribution < -0.4 is 31.1 Å². The fourth-order valence-electron chi connectivity index (χ4n) is 10.7. The second-order valence-electron chi connectivity index (χ2n) is 17.5. The summed E-state index contributed by atoms with van der Waals surface area (Å²) in [6, 6.07) is 82.1. The molecule has 12 rings (SSSR count). The van der Waals surface area contributed by atoms with E-state index in [0.29, 0.717) is 17.5 Å². The summed E-state index contributed by atoms with van der Waals surface area (Å²) in [7, 11) is -4.78. The SMILES string of the molecule is C[Si]1(C)c2ccccc2-c2cc(-c3nc(-c4ccccc4)nc(-c4cc5c(cc4-c4ccccc4)[Si](c4ccccc4)(c4ccccc4)c4ccccc4-5)n3)c(-c3ccccc3)cc21. The quantitative estimate of drug-likeness (QED) is 0.150. The molecule has 0 unspecified atom stereocenters. The summed E-state index contributed by atoms with van der Waals surface area (Å²) in [5, 5.41) is 8.43. The van der Waals surface area contributed by atoms with Crippen LogP contribution in [-0.2, 0) is 0 Å². The molecule has 302 valence electrons. The first kappa shape index (κ1) is 38.1. The van der Waals surface area contributed by atoms with Crippen molar-refractivity contribution in [1.82, 2.24) is 15.0 Å². The van der Waals surface area contributed by atoms with Gasteiger partial charge in [0.2, 0.25) is 0 Å². The molecule has 2 aliphatic rings. The minimum absolute atomic E-state index is 0.646. The molecule has 0 saturated carbocycles. The summed E-state index contributed by atoms with van der Waals surface area (Å²) in [6.07, 6.45) is 0. The number of aromatic nitrogens is 3. The van der Waals surface area contributed by atoms with Crippen LogP contribution in [0.4, 0.5) is 0 Å². The molecular formula is C59H43N3Si2. The third-order valence-corrected chi connectivity index (χ3v) is 22.0. The molecule has 0 spiro atoms. The van der Waals surface area contributed by atoms with E-state index in [1.54, 1.807) is 0 Å². The fourth-order valence-corrected chi connectivity index (χ4v) is 18.9. The van der Waals surface area contributed by atoms with Crippen molar-refractivity contribution in [3.63, 3.8) is 0 Å². The number of hydrogen-bond donors (Lipinski definition) is 0. The average Bonchev–Trinajstić information content (AvgIpc) is 3.79. The second-order valence-corrected chi connectivity index (χ2v) is 25.5. The van der Waals surface area contributed by atoms with Crippen molar-refractivity contribution in [2.45, 2.75) is 13.1 Å². The standard InChI is InChI=1S/C59H43N3Si2/c1-63(2)53-34-20-18-32-45(53)49-36-51(47(38-55(49)63)40-22-8-3-9-23-40)58-60-57(42-26-12-5-13-27-42)61-59(62-58)52-37-50-46-33-19-21-35-54(46)64(43-28-14-6-15-29-43,44-30-16-7-17-31-44)56(50)39-48(52)41-24-10-4-11-25-41/h3-39H,1-2H3. The summed E-state index contributed by atoms with van der Waals surface area (Å²) in [5.41, 5.74) is 12.5. The van der Waals surface area contributed by atoms with Gasteiger partial charge in [0.05, 0.1) is 0 Å². The summed E-state index contributed by atoms with van der Waals surface area (Å²) in [6.45, 7) is 4.95. The number of nitrogens with zero attached hydrogens (tertiary/aromatic N) is 3. The van der Waals surface area contributed by atoms with Crippen molar-refractivity contribution in [3.8, 4) is 78.7 Å². The number of fused-ring (bicyclic) bond motifs is 6. The highest BCUT2D eigenvalue weighted by Gasteiger charge is 2.49. The van der Waals surface area contributed by atoms with Crippen LogP contribution >= 0.6 is 0 Å². The molecule has 0 fully saturated rings. The Bertz CT molecular complexity index is 3350. The van der Waals surface area contributed by atoms with Crippen molar-refractivity contribution in [1.29, 1.82) is 0 Å². The van der Waals surface area contributed by atoms with Gasteiger partial charge in [-0.25, -0.2) is 15.0 Å². The molecule has 3 heterocycles. The summed E-state index contributed by atoms with van der Waals surface area (Å²) < 4.78 is 0. The Labute approximate surface area is 376 Å². The predicted molar refractivity (Wildman–Crippen MR) is 272 cm³/mol. The zero-order chi connectivity index (χ0) is 42.8. The maximum atomic E-state index is 5.62. The molecule has 0 atom stereocenters. The van der Waals surface area contributed by atoms with Crippen molar-refractivity contribution < 1.29 is 0 Å². The Morgan fingerprint density at radius 2 is 0.641 bits per heavy atom. The van der Waals surface area contributed by atoms with Crippen LogP contribution in [0.1, 0.15) is 0 Å². The van der Waals surface area contributed by atoms with E-state index < -0.39 is 16.1 Å². The van der Waals surface area contributed by atoms with E-state index >= 15 is 0 Å². The van der Waals surface area contributed by atoms with Crippen LogP contribution in [0.3, 0.4) is 0 Å². The Balaban J connectivity index is 1.18. The predicted octanol–water partition coefficient (Wildman–Crippen LogP) is 10.4. The first-order valence-corrected chi connectivity index (χ1v) is 27.1. The average molecular weight is 850 g/mol. The summed E-state index contributed by atoms with van der Waals surface area (Å²) in [4.78, 5) is 16.5. The van der Waals surface area contributed by atoms with Gasteiger partial charge in [-0.15, -0.1) is 0 Å². The Kier molecular flexibility index (Phi) is 8.97. The molecule has 1 aromatic heterocycles. The van der Waals surface area contributed by atoms with Gasteiger partial charge in [0.1, 0.15) is 8.07 Å². The molecule has 0 saturated heterocycles. The highest BCUT2D eigenvalue weighted by atomic mass is 28.3. The van der Waals surface area contributed by atoms with Gasteiger partial charge in [-0.05, 0) is 87.8 Å². The number of hydrogen-bond acceptors (Lipinski definition) is 3. The van der Waals surface area contributed by atoms with E-state index in [9.17, 15) is 0 Å². The van der Waals surface area contributed by atoms with Crippen LogP contribution in [0.5, 0.6) is 0 Å². The van der Waals surface area contributed by atoms with E-state index in [2.05, 4.69) is 231 Å². The third-order valence-electron chi connectivity index (χ3n) is 13.6. The molecule has 0 N–H and O–H groups in total. The molecule has 5 heteroatoms. The summed E-state index contributed by atoms with van der Waals surface area (Å²) in [5.74, 6) is 1.95. The normalized spacial score (nSPS) is 13.7. The molecule has 10 aromatic rings. The molecule has 3 nitrogen and oxygen atoms in total. The van der Waals surface area contributed by atoms with Gasteiger partial charge in [-0.3, -0.25) is 0 Å². The summed E-state index contributed by atoms with van der Waals surface area (Å²) >= 11 is 0.